The Labute approximate surface area is 129 Å². The topological polar surface area (TPSA) is 71.8 Å². The lowest BCUT2D eigenvalue weighted by Gasteiger charge is -2.22. The molecule has 2 aromatic rings. The Bertz CT molecular complexity index is 604. The Morgan fingerprint density at radius 2 is 2.36 bits per heavy atom. The molecule has 1 atom stereocenters. The molecule has 2 N–H and O–H groups in total. The highest BCUT2D eigenvalue weighted by Crippen LogP contribution is 2.15. The summed E-state index contributed by atoms with van der Waals surface area (Å²) in [7, 11) is 0. The van der Waals surface area contributed by atoms with Crippen molar-refractivity contribution in [3.8, 4) is 0 Å². The number of rotatable bonds is 5. The summed E-state index contributed by atoms with van der Waals surface area (Å²) < 4.78 is 1.90. The van der Waals surface area contributed by atoms with Gasteiger partial charge < -0.3 is 10.6 Å². The van der Waals surface area contributed by atoms with E-state index in [2.05, 4.69) is 20.7 Å². The summed E-state index contributed by atoms with van der Waals surface area (Å²) in [5.41, 5.74) is 1.45. The van der Waals surface area contributed by atoms with Crippen LogP contribution in [0.1, 0.15) is 35.1 Å². The Morgan fingerprint density at radius 1 is 1.41 bits per heavy atom. The Morgan fingerprint density at radius 3 is 3.14 bits per heavy atom. The van der Waals surface area contributed by atoms with Crippen molar-refractivity contribution in [3.05, 3.63) is 48.0 Å². The predicted molar refractivity (Wildman–Crippen MR) is 83.6 cm³/mol. The number of aromatic nitrogens is 3. The highest BCUT2D eigenvalue weighted by molar-refractivity contribution is 5.92. The summed E-state index contributed by atoms with van der Waals surface area (Å²) in [6.45, 7) is 2.55. The Balaban J connectivity index is 1.51. The van der Waals surface area contributed by atoms with Crippen molar-refractivity contribution >= 4 is 5.91 Å². The average molecular weight is 299 g/mol. The molecular weight excluding hydrogens is 278 g/mol. The van der Waals surface area contributed by atoms with Gasteiger partial charge in [-0.05, 0) is 37.6 Å². The SMILES string of the molecule is O=C(NCCc1ccccn1)c1ccn(C2CCCNC2)n1. The fourth-order valence-electron chi connectivity index (χ4n) is 2.66. The molecule has 0 saturated carbocycles. The van der Waals surface area contributed by atoms with Crippen molar-refractivity contribution in [2.45, 2.75) is 25.3 Å². The number of nitrogens with one attached hydrogen (secondary N) is 2. The highest BCUT2D eigenvalue weighted by atomic mass is 16.1. The number of pyridine rings is 1. The van der Waals surface area contributed by atoms with Crippen LogP contribution in [0.5, 0.6) is 0 Å². The van der Waals surface area contributed by atoms with Crippen LogP contribution in [0, 0.1) is 0 Å². The van der Waals surface area contributed by atoms with Crippen LogP contribution in [-0.2, 0) is 6.42 Å². The third kappa shape index (κ3) is 3.71. The van der Waals surface area contributed by atoms with Gasteiger partial charge in [0.25, 0.3) is 5.91 Å². The lowest BCUT2D eigenvalue weighted by Crippen LogP contribution is -2.32. The van der Waals surface area contributed by atoms with E-state index in [1.54, 1.807) is 12.3 Å². The highest BCUT2D eigenvalue weighted by Gasteiger charge is 2.17. The molecule has 1 fully saturated rings. The maximum Gasteiger partial charge on any atom is 0.271 e. The van der Waals surface area contributed by atoms with Gasteiger partial charge in [-0.15, -0.1) is 0 Å². The smallest absolute Gasteiger partial charge is 0.271 e. The molecule has 0 spiro atoms. The van der Waals surface area contributed by atoms with Crippen molar-refractivity contribution in [1.82, 2.24) is 25.4 Å². The number of amides is 1. The van der Waals surface area contributed by atoms with E-state index in [9.17, 15) is 4.79 Å². The van der Waals surface area contributed by atoms with Crippen molar-refractivity contribution in [1.29, 1.82) is 0 Å². The van der Waals surface area contributed by atoms with E-state index < -0.39 is 0 Å². The van der Waals surface area contributed by atoms with Gasteiger partial charge in [0.15, 0.2) is 0 Å². The maximum atomic E-state index is 12.1. The minimum Gasteiger partial charge on any atom is -0.350 e. The number of carbonyl (C=O) groups is 1. The van der Waals surface area contributed by atoms with Gasteiger partial charge in [-0.3, -0.25) is 14.5 Å². The largest absolute Gasteiger partial charge is 0.350 e. The molecule has 0 bridgehead atoms. The predicted octanol–water partition coefficient (Wildman–Crippen LogP) is 1.18. The number of hydrogen-bond acceptors (Lipinski definition) is 4. The molecule has 1 saturated heterocycles. The van der Waals surface area contributed by atoms with E-state index in [0.29, 0.717) is 18.3 Å². The summed E-state index contributed by atoms with van der Waals surface area (Å²) in [6.07, 6.45) is 6.63. The molecular formula is C16H21N5O. The molecule has 0 aromatic carbocycles. The van der Waals surface area contributed by atoms with Gasteiger partial charge in [-0.25, -0.2) is 0 Å². The molecule has 1 amide bonds. The molecule has 2 aromatic heterocycles. The molecule has 6 heteroatoms. The molecule has 1 aliphatic rings. The summed E-state index contributed by atoms with van der Waals surface area (Å²) in [4.78, 5) is 16.3. The monoisotopic (exact) mass is 299 g/mol. The second-order valence-electron chi connectivity index (χ2n) is 5.51. The summed E-state index contributed by atoms with van der Waals surface area (Å²) >= 11 is 0. The van der Waals surface area contributed by atoms with Gasteiger partial charge >= 0.3 is 0 Å². The average Bonchev–Trinajstić information content (AvgIpc) is 3.07. The molecule has 116 valence electrons. The first-order valence-corrected chi connectivity index (χ1v) is 7.77. The third-order valence-electron chi connectivity index (χ3n) is 3.88. The second kappa shape index (κ2) is 7.17. The Kier molecular flexibility index (Phi) is 4.80. The summed E-state index contributed by atoms with van der Waals surface area (Å²) in [6, 6.07) is 7.92. The van der Waals surface area contributed by atoms with Crippen LogP contribution in [-0.4, -0.2) is 40.3 Å². The lowest BCUT2D eigenvalue weighted by molar-refractivity contribution is 0.0947. The number of hydrogen-bond donors (Lipinski definition) is 2. The normalized spacial score (nSPS) is 18.1. The van der Waals surface area contributed by atoms with Gasteiger partial charge in [0.05, 0.1) is 6.04 Å². The lowest BCUT2D eigenvalue weighted by atomic mass is 10.1. The summed E-state index contributed by atoms with van der Waals surface area (Å²) in [5.74, 6) is -0.126. The van der Waals surface area contributed by atoms with E-state index >= 15 is 0 Å². The molecule has 0 aliphatic carbocycles. The first-order valence-electron chi connectivity index (χ1n) is 7.77. The molecule has 1 unspecified atom stereocenters. The molecule has 1 aliphatic heterocycles. The zero-order valence-electron chi connectivity index (χ0n) is 12.5. The van der Waals surface area contributed by atoms with Gasteiger partial charge in [0, 0.05) is 37.6 Å². The first-order chi connectivity index (χ1) is 10.8. The van der Waals surface area contributed by atoms with Crippen molar-refractivity contribution in [2.24, 2.45) is 0 Å². The molecule has 22 heavy (non-hydrogen) atoms. The standard InChI is InChI=1S/C16H21N5O/c22-16(19-10-6-13-4-1-2-9-18-13)15-7-11-21(20-15)14-5-3-8-17-12-14/h1-2,4,7,9,11,14,17H,3,5-6,8,10,12H2,(H,19,22). The molecule has 3 heterocycles. The van der Waals surface area contributed by atoms with E-state index in [4.69, 9.17) is 0 Å². The van der Waals surface area contributed by atoms with E-state index in [1.165, 1.54) is 0 Å². The Hall–Kier alpha value is -2.21. The van der Waals surface area contributed by atoms with Gasteiger partial charge in [0.2, 0.25) is 0 Å². The van der Waals surface area contributed by atoms with Crippen LogP contribution in [0.2, 0.25) is 0 Å². The van der Waals surface area contributed by atoms with Crippen LogP contribution in [0.3, 0.4) is 0 Å². The zero-order valence-corrected chi connectivity index (χ0v) is 12.5. The van der Waals surface area contributed by atoms with E-state index in [1.807, 2.05) is 29.1 Å². The van der Waals surface area contributed by atoms with Crippen LogP contribution >= 0.6 is 0 Å². The van der Waals surface area contributed by atoms with Gasteiger partial charge in [-0.1, -0.05) is 6.07 Å². The minimum absolute atomic E-state index is 0.126. The molecule has 0 radical (unpaired) electrons. The fraction of sp³-hybridized carbons (Fsp3) is 0.438. The van der Waals surface area contributed by atoms with Gasteiger partial charge in [0.1, 0.15) is 5.69 Å². The molecule has 6 nitrogen and oxygen atoms in total. The maximum absolute atomic E-state index is 12.1. The summed E-state index contributed by atoms with van der Waals surface area (Å²) in [5, 5.41) is 10.7. The number of nitrogens with zero attached hydrogens (tertiary/aromatic N) is 3. The van der Waals surface area contributed by atoms with E-state index in [-0.39, 0.29) is 5.91 Å². The van der Waals surface area contributed by atoms with Crippen LogP contribution in [0.15, 0.2) is 36.7 Å². The van der Waals surface area contributed by atoms with Crippen LogP contribution in [0.25, 0.3) is 0 Å². The fourth-order valence-corrected chi connectivity index (χ4v) is 2.66. The first kappa shape index (κ1) is 14.7. The quantitative estimate of drug-likeness (QED) is 0.869. The third-order valence-corrected chi connectivity index (χ3v) is 3.88. The number of carbonyl (C=O) groups excluding carboxylic acids is 1. The number of piperidine rings is 1. The van der Waals surface area contributed by atoms with Crippen molar-refractivity contribution in [3.63, 3.8) is 0 Å². The van der Waals surface area contributed by atoms with Crippen LogP contribution < -0.4 is 10.6 Å². The van der Waals surface area contributed by atoms with Gasteiger partial charge in [-0.2, -0.15) is 5.10 Å². The minimum atomic E-state index is -0.126. The van der Waals surface area contributed by atoms with Crippen LogP contribution in [0.4, 0.5) is 0 Å². The zero-order chi connectivity index (χ0) is 15.2. The van der Waals surface area contributed by atoms with Crippen molar-refractivity contribution < 1.29 is 4.79 Å². The molecule has 3 rings (SSSR count). The van der Waals surface area contributed by atoms with E-state index in [0.717, 1.165) is 38.0 Å². The second-order valence-corrected chi connectivity index (χ2v) is 5.51. The van der Waals surface area contributed by atoms with Crippen molar-refractivity contribution in [2.75, 3.05) is 19.6 Å².